The van der Waals surface area contributed by atoms with Crippen LogP contribution in [0.3, 0.4) is 0 Å². The molecule has 1 aliphatic carbocycles. The van der Waals surface area contributed by atoms with Crippen LogP contribution in [0.1, 0.15) is 79.6 Å². The van der Waals surface area contributed by atoms with Gasteiger partial charge in [-0.15, -0.1) is 0 Å². The molecule has 3 saturated heterocycles. The third-order valence-corrected chi connectivity index (χ3v) is 10.6. The first kappa shape index (κ1) is 29.8. The largest absolute Gasteiger partial charge is 0.390 e. The average Bonchev–Trinajstić information content (AvgIpc) is 2.90. The second-order valence-corrected chi connectivity index (χ2v) is 14.1. The maximum absolute atomic E-state index is 13.7. The predicted molar refractivity (Wildman–Crippen MR) is 153 cm³/mol. The van der Waals surface area contributed by atoms with Crippen LogP contribution in [0.15, 0.2) is 0 Å². The van der Waals surface area contributed by atoms with E-state index in [1.807, 2.05) is 9.80 Å². The van der Waals surface area contributed by atoms with E-state index in [0.717, 1.165) is 77.4 Å². The number of piperazine rings is 1. The lowest BCUT2D eigenvalue weighted by Gasteiger charge is -2.53. The molecule has 7 nitrogen and oxygen atoms in total. The number of piperidine rings is 2. The molecule has 3 aliphatic heterocycles. The van der Waals surface area contributed by atoms with Gasteiger partial charge in [-0.3, -0.25) is 14.5 Å². The number of carbonyl (C=O) groups excluding carboxylic acids is 2. The minimum atomic E-state index is -0.489. The monoisotopic (exact) mass is 532 g/mol. The van der Waals surface area contributed by atoms with Gasteiger partial charge in [0.2, 0.25) is 12.3 Å². The highest BCUT2D eigenvalue weighted by Crippen LogP contribution is 2.48. The van der Waals surface area contributed by atoms with Crippen LogP contribution in [-0.4, -0.2) is 108 Å². The van der Waals surface area contributed by atoms with Crippen molar-refractivity contribution < 1.29 is 14.7 Å². The molecule has 0 aromatic rings. The van der Waals surface area contributed by atoms with Crippen molar-refractivity contribution in [1.29, 1.82) is 0 Å². The normalized spacial score (nSPS) is 33.9. The third-order valence-electron chi connectivity index (χ3n) is 10.6. The fourth-order valence-corrected chi connectivity index (χ4v) is 8.38. The second kappa shape index (κ2) is 13.0. The summed E-state index contributed by atoms with van der Waals surface area (Å²) in [5.74, 6) is 2.93. The molecule has 0 aromatic carbocycles. The minimum absolute atomic E-state index is 0.0436. The summed E-state index contributed by atoms with van der Waals surface area (Å²) >= 11 is 0. The van der Waals surface area contributed by atoms with Crippen molar-refractivity contribution in [2.45, 2.75) is 91.7 Å². The van der Waals surface area contributed by atoms with E-state index in [1.54, 1.807) is 0 Å². The molecular weight excluding hydrogens is 476 g/mol. The predicted octanol–water partition coefficient (Wildman–Crippen LogP) is 3.56. The molecule has 1 saturated carbocycles. The van der Waals surface area contributed by atoms with Gasteiger partial charge < -0.3 is 19.8 Å². The first-order valence-corrected chi connectivity index (χ1v) is 15.8. The fourth-order valence-electron chi connectivity index (χ4n) is 8.38. The smallest absolute Gasteiger partial charge is 0.226 e. The first-order chi connectivity index (χ1) is 18.1. The minimum Gasteiger partial charge on any atom is -0.390 e. The van der Waals surface area contributed by atoms with Crippen LogP contribution in [0.25, 0.3) is 0 Å². The van der Waals surface area contributed by atoms with Crippen LogP contribution < -0.4 is 0 Å². The number of aliphatic hydroxyl groups is 1. The quantitative estimate of drug-likeness (QED) is 0.436. The van der Waals surface area contributed by atoms with E-state index in [9.17, 15) is 14.7 Å². The molecule has 0 spiro atoms. The molecule has 218 valence electrons. The topological polar surface area (TPSA) is 67.3 Å². The van der Waals surface area contributed by atoms with E-state index in [4.69, 9.17) is 0 Å². The molecule has 1 N–H and O–H groups in total. The zero-order valence-electron chi connectivity index (χ0n) is 25.0. The Bertz CT molecular complexity index is 781. The molecule has 0 aromatic heterocycles. The molecule has 0 bridgehead atoms. The number of likely N-dealkylation sites (tertiary alicyclic amines) is 2. The van der Waals surface area contributed by atoms with Gasteiger partial charge in [0, 0.05) is 64.3 Å². The maximum atomic E-state index is 13.7. The SMILES string of the molecule is CCCCC1CCN(C[C@@H](O)CN2CC(C)(C)C3CC(N4CCN(C=O)CC4)CCC3C2=O)CC1C(C)C. The molecule has 3 heterocycles. The summed E-state index contributed by atoms with van der Waals surface area (Å²) in [6.07, 6.45) is 8.73. The van der Waals surface area contributed by atoms with Crippen LogP contribution in [-0.2, 0) is 9.59 Å². The van der Waals surface area contributed by atoms with Crippen LogP contribution in [0, 0.1) is 35.0 Å². The van der Waals surface area contributed by atoms with E-state index < -0.39 is 6.10 Å². The lowest BCUT2D eigenvalue weighted by Crippen LogP contribution is -2.60. The summed E-state index contributed by atoms with van der Waals surface area (Å²) < 4.78 is 0. The molecule has 4 rings (SSSR count). The number of unbranched alkanes of at least 4 members (excludes halogenated alkanes) is 1. The summed E-state index contributed by atoms with van der Waals surface area (Å²) in [5.41, 5.74) is 0.0436. The van der Waals surface area contributed by atoms with Gasteiger partial charge in [0.25, 0.3) is 0 Å². The van der Waals surface area contributed by atoms with Gasteiger partial charge in [0.05, 0.1) is 6.10 Å². The van der Waals surface area contributed by atoms with Gasteiger partial charge in [0.15, 0.2) is 0 Å². The van der Waals surface area contributed by atoms with Crippen LogP contribution in [0.4, 0.5) is 0 Å². The molecule has 4 fully saturated rings. The average molecular weight is 533 g/mol. The Balaban J connectivity index is 1.30. The molecule has 7 heteroatoms. The molecule has 38 heavy (non-hydrogen) atoms. The number of hydrogen-bond donors (Lipinski definition) is 1. The van der Waals surface area contributed by atoms with Crippen molar-refractivity contribution in [2.24, 2.45) is 35.0 Å². The van der Waals surface area contributed by atoms with Crippen molar-refractivity contribution in [3.63, 3.8) is 0 Å². The van der Waals surface area contributed by atoms with Gasteiger partial charge in [-0.05, 0) is 61.3 Å². The highest BCUT2D eigenvalue weighted by Gasteiger charge is 2.50. The van der Waals surface area contributed by atoms with Gasteiger partial charge in [-0.2, -0.15) is 0 Å². The lowest BCUT2D eigenvalue weighted by molar-refractivity contribution is -0.155. The zero-order valence-corrected chi connectivity index (χ0v) is 25.0. The second-order valence-electron chi connectivity index (χ2n) is 14.1. The van der Waals surface area contributed by atoms with E-state index in [2.05, 4.69) is 44.4 Å². The summed E-state index contributed by atoms with van der Waals surface area (Å²) in [5, 5.41) is 11.2. The number of β-amino-alcohol motifs (C(OH)–C–C–N with tert-alkyl or cyclic N) is 1. The maximum Gasteiger partial charge on any atom is 0.226 e. The van der Waals surface area contributed by atoms with Crippen LogP contribution in [0.5, 0.6) is 0 Å². The van der Waals surface area contributed by atoms with Crippen molar-refractivity contribution in [3.05, 3.63) is 0 Å². The Morgan fingerprint density at radius 1 is 1.05 bits per heavy atom. The van der Waals surface area contributed by atoms with Gasteiger partial charge >= 0.3 is 0 Å². The number of aliphatic hydroxyl groups excluding tert-OH is 1. The Labute approximate surface area is 232 Å². The lowest BCUT2D eigenvalue weighted by atomic mass is 9.61. The van der Waals surface area contributed by atoms with Gasteiger partial charge in [-0.25, -0.2) is 0 Å². The number of hydrogen-bond acceptors (Lipinski definition) is 5. The standard InChI is InChI=1S/C31H56N4O3/c1-6-7-8-24-11-12-33(20-28(24)23(2)3)18-26(37)19-35-21-31(4,5)29-17-25(9-10-27(29)30(35)38)34-15-13-32(22-36)14-16-34/h22-29,37H,6-21H2,1-5H3/t24?,25?,26-,27?,28?,29?/m1/s1. The van der Waals surface area contributed by atoms with E-state index in [1.165, 1.54) is 25.7 Å². The molecule has 4 aliphatic rings. The number of carbonyl (C=O) groups is 2. The number of rotatable bonds is 10. The van der Waals surface area contributed by atoms with E-state index in [0.29, 0.717) is 36.9 Å². The van der Waals surface area contributed by atoms with E-state index in [-0.39, 0.29) is 17.2 Å². The molecular formula is C31H56N4O3. The molecule has 6 atom stereocenters. The van der Waals surface area contributed by atoms with Crippen molar-refractivity contribution >= 4 is 12.3 Å². The highest BCUT2D eigenvalue weighted by atomic mass is 16.3. The molecule has 2 amide bonds. The van der Waals surface area contributed by atoms with Crippen LogP contribution in [0.2, 0.25) is 0 Å². The van der Waals surface area contributed by atoms with Crippen LogP contribution >= 0.6 is 0 Å². The summed E-state index contributed by atoms with van der Waals surface area (Å²) in [7, 11) is 0. The summed E-state index contributed by atoms with van der Waals surface area (Å²) in [6.45, 7) is 19.2. The zero-order chi connectivity index (χ0) is 27.4. The Hall–Kier alpha value is -1.18. The fraction of sp³-hybridized carbons (Fsp3) is 0.935. The summed E-state index contributed by atoms with van der Waals surface area (Å²) in [6, 6.07) is 0.517. The highest BCUT2D eigenvalue weighted by molar-refractivity contribution is 5.80. The number of amides is 2. The first-order valence-electron chi connectivity index (χ1n) is 15.8. The van der Waals surface area contributed by atoms with Crippen molar-refractivity contribution in [3.8, 4) is 0 Å². The molecule has 5 unspecified atom stereocenters. The van der Waals surface area contributed by atoms with E-state index >= 15 is 0 Å². The Morgan fingerprint density at radius 3 is 2.45 bits per heavy atom. The molecule has 0 radical (unpaired) electrons. The number of fused-ring (bicyclic) bond motifs is 1. The Morgan fingerprint density at radius 2 is 1.79 bits per heavy atom. The third kappa shape index (κ3) is 6.93. The van der Waals surface area contributed by atoms with Crippen molar-refractivity contribution in [1.82, 2.24) is 19.6 Å². The summed E-state index contributed by atoms with van der Waals surface area (Å²) in [4.78, 5) is 33.7. The number of nitrogens with zero attached hydrogens (tertiary/aromatic N) is 4. The Kier molecular flexibility index (Phi) is 10.2. The van der Waals surface area contributed by atoms with Gasteiger partial charge in [0.1, 0.15) is 0 Å². The van der Waals surface area contributed by atoms with Gasteiger partial charge in [-0.1, -0.05) is 53.9 Å². The van der Waals surface area contributed by atoms with Crippen molar-refractivity contribution in [2.75, 3.05) is 58.9 Å².